The van der Waals surface area contributed by atoms with Gasteiger partial charge >= 0.3 is 0 Å². The van der Waals surface area contributed by atoms with Gasteiger partial charge in [-0.25, -0.2) is 13.1 Å². The highest BCUT2D eigenvalue weighted by Gasteiger charge is 2.15. The van der Waals surface area contributed by atoms with E-state index in [0.29, 0.717) is 22.6 Å². The quantitative estimate of drug-likeness (QED) is 0.649. The standard InChI is InChI=1S/C12H16BrClN2O4S/c1-20-7-6-15-12(17)4-5-16-21(18,19)9-2-3-11(14)10(13)8-9/h2-3,8,16H,4-7H2,1H3,(H,15,17). The number of carbonyl (C=O) groups is 1. The van der Waals surface area contributed by atoms with Crippen LogP contribution >= 0.6 is 27.5 Å². The van der Waals surface area contributed by atoms with Gasteiger partial charge in [0.25, 0.3) is 0 Å². The van der Waals surface area contributed by atoms with Crippen molar-refractivity contribution < 1.29 is 17.9 Å². The summed E-state index contributed by atoms with van der Waals surface area (Å²) in [6, 6.07) is 4.29. The summed E-state index contributed by atoms with van der Waals surface area (Å²) in [5.74, 6) is -0.243. The third-order valence-corrected chi connectivity index (χ3v) is 5.15. The first-order valence-electron chi connectivity index (χ1n) is 6.07. The maximum absolute atomic E-state index is 12.0. The number of sulfonamides is 1. The monoisotopic (exact) mass is 398 g/mol. The number of halogens is 2. The maximum atomic E-state index is 12.0. The number of rotatable bonds is 8. The van der Waals surface area contributed by atoms with E-state index in [1.54, 1.807) is 0 Å². The van der Waals surface area contributed by atoms with E-state index in [9.17, 15) is 13.2 Å². The summed E-state index contributed by atoms with van der Waals surface area (Å²) < 4.78 is 31.7. The molecular formula is C12H16BrClN2O4S. The molecule has 0 bridgehead atoms. The van der Waals surface area contributed by atoms with Crippen LogP contribution in [0.4, 0.5) is 0 Å². The van der Waals surface area contributed by atoms with Gasteiger partial charge in [-0.3, -0.25) is 4.79 Å². The van der Waals surface area contributed by atoms with Crippen molar-refractivity contribution in [3.63, 3.8) is 0 Å². The molecule has 0 fully saturated rings. The zero-order valence-electron chi connectivity index (χ0n) is 11.4. The summed E-state index contributed by atoms with van der Waals surface area (Å²) >= 11 is 8.98. The van der Waals surface area contributed by atoms with Gasteiger partial charge < -0.3 is 10.1 Å². The van der Waals surface area contributed by atoms with E-state index < -0.39 is 10.0 Å². The minimum atomic E-state index is -3.66. The molecule has 1 amide bonds. The molecule has 0 saturated heterocycles. The summed E-state index contributed by atoms with van der Waals surface area (Å²) in [5.41, 5.74) is 0. The molecule has 6 nitrogen and oxygen atoms in total. The summed E-state index contributed by atoms with van der Waals surface area (Å²) in [6.45, 7) is 0.823. The molecule has 0 aliphatic carbocycles. The van der Waals surface area contributed by atoms with Gasteiger partial charge in [0, 0.05) is 31.1 Å². The van der Waals surface area contributed by atoms with Crippen molar-refractivity contribution in [2.45, 2.75) is 11.3 Å². The molecular weight excluding hydrogens is 384 g/mol. The lowest BCUT2D eigenvalue weighted by atomic mass is 10.4. The molecule has 0 aromatic heterocycles. The van der Waals surface area contributed by atoms with Crippen molar-refractivity contribution in [1.82, 2.24) is 10.0 Å². The molecule has 9 heteroatoms. The molecule has 118 valence electrons. The first kappa shape index (κ1) is 18.4. The summed E-state index contributed by atoms with van der Waals surface area (Å²) in [6.07, 6.45) is 0.0533. The lowest BCUT2D eigenvalue weighted by Crippen LogP contribution is -2.32. The van der Waals surface area contributed by atoms with Crippen LogP contribution in [-0.4, -0.2) is 41.1 Å². The molecule has 0 aliphatic rings. The average Bonchev–Trinajstić information content (AvgIpc) is 2.42. The van der Waals surface area contributed by atoms with Crippen LogP contribution in [0, 0.1) is 0 Å². The van der Waals surface area contributed by atoms with Gasteiger partial charge in [0.15, 0.2) is 0 Å². The Morgan fingerprint density at radius 3 is 2.71 bits per heavy atom. The fraction of sp³-hybridized carbons (Fsp3) is 0.417. The van der Waals surface area contributed by atoms with Crippen molar-refractivity contribution in [3.8, 4) is 0 Å². The number of carbonyl (C=O) groups excluding carboxylic acids is 1. The van der Waals surface area contributed by atoms with Gasteiger partial charge in [-0.05, 0) is 34.1 Å². The van der Waals surface area contributed by atoms with E-state index in [-0.39, 0.29) is 23.8 Å². The van der Waals surface area contributed by atoms with E-state index in [0.717, 1.165) is 0 Å². The maximum Gasteiger partial charge on any atom is 0.240 e. The fourth-order valence-corrected chi connectivity index (χ4v) is 3.11. The molecule has 0 aliphatic heterocycles. The van der Waals surface area contributed by atoms with E-state index in [2.05, 4.69) is 26.0 Å². The normalized spacial score (nSPS) is 11.4. The second kappa shape index (κ2) is 8.70. The van der Waals surface area contributed by atoms with Gasteiger partial charge in [0.2, 0.25) is 15.9 Å². The first-order valence-corrected chi connectivity index (χ1v) is 8.72. The number of amides is 1. The first-order chi connectivity index (χ1) is 9.86. The molecule has 0 heterocycles. The molecule has 21 heavy (non-hydrogen) atoms. The molecule has 2 N–H and O–H groups in total. The van der Waals surface area contributed by atoms with Gasteiger partial charge in [-0.2, -0.15) is 0 Å². The van der Waals surface area contributed by atoms with Crippen LogP contribution in [-0.2, 0) is 19.6 Å². The largest absolute Gasteiger partial charge is 0.383 e. The zero-order valence-corrected chi connectivity index (χ0v) is 14.5. The minimum Gasteiger partial charge on any atom is -0.383 e. The number of nitrogens with one attached hydrogen (secondary N) is 2. The van der Waals surface area contributed by atoms with E-state index in [1.807, 2.05) is 0 Å². The third kappa shape index (κ3) is 6.31. The molecule has 1 aromatic rings. The SMILES string of the molecule is COCCNC(=O)CCNS(=O)(=O)c1ccc(Cl)c(Br)c1. The van der Waals surface area contributed by atoms with Crippen molar-refractivity contribution in [1.29, 1.82) is 0 Å². The van der Waals surface area contributed by atoms with Crippen LogP contribution < -0.4 is 10.0 Å². The Morgan fingerprint density at radius 2 is 2.10 bits per heavy atom. The second-order valence-electron chi connectivity index (χ2n) is 4.07. The Labute approximate surface area is 137 Å². The zero-order chi connectivity index (χ0) is 15.9. The van der Waals surface area contributed by atoms with Gasteiger partial charge in [-0.1, -0.05) is 11.6 Å². The highest BCUT2D eigenvalue weighted by Crippen LogP contribution is 2.25. The highest BCUT2D eigenvalue weighted by molar-refractivity contribution is 9.10. The second-order valence-corrected chi connectivity index (χ2v) is 7.09. The van der Waals surface area contributed by atoms with Crippen molar-refractivity contribution in [2.24, 2.45) is 0 Å². The van der Waals surface area contributed by atoms with E-state index >= 15 is 0 Å². The molecule has 0 spiro atoms. The van der Waals surface area contributed by atoms with E-state index in [4.69, 9.17) is 16.3 Å². The third-order valence-electron chi connectivity index (χ3n) is 2.47. The predicted molar refractivity (Wildman–Crippen MR) is 83.8 cm³/mol. The lowest BCUT2D eigenvalue weighted by molar-refractivity contribution is -0.121. The van der Waals surface area contributed by atoms with Crippen molar-refractivity contribution in [3.05, 3.63) is 27.7 Å². The molecule has 0 saturated carbocycles. The van der Waals surface area contributed by atoms with E-state index in [1.165, 1.54) is 25.3 Å². The molecule has 0 radical (unpaired) electrons. The molecule has 1 rings (SSSR count). The predicted octanol–water partition coefficient (Wildman–Crippen LogP) is 1.53. The Hall–Kier alpha value is -0.670. The van der Waals surface area contributed by atoms with Gasteiger partial charge in [0.05, 0.1) is 16.5 Å². The van der Waals surface area contributed by atoms with Crippen LogP contribution in [0.5, 0.6) is 0 Å². The topological polar surface area (TPSA) is 84.5 Å². The fourth-order valence-electron chi connectivity index (χ4n) is 1.41. The van der Waals surface area contributed by atoms with Crippen LogP contribution in [0.2, 0.25) is 5.02 Å². The lowest BCUT2D eigenvalue weighted by Gasteiger charge is -2.08. The summed E-state index contributed by atoms with van der Waals surface area (Å²) in [7, 11) is -2.13. The Balaban J connectivity index is 2.50. The molecule has 0 atom stereocenters. The van der Waals surface area contributed by atoms with Crippen LogP contribution in [0.1, 0.15) is 6.42 Å². The van der Waals surface area contributed by atoms with Crippen LogP contribution in [0.3, 0.4) is 0 Å². The number of ether oxygens (including phenoxy) is 1. The van der Waals surface area contributed by atoms with Crippen molar-refractivity contribution in [2.75, 3.05) is 26.8 Å². The number of methoxy groups -OCH3 is 1. The van der Waals surface area contributed by atoms with Crippen LogP contribution in [0.15, 0.2) is 27.6 Å². The Bertz CT molecular complexity index is 595. The molecule has 1 aromatic carbocycles. The Morgan fingerprint density at radius 1 is 1.38 bits per heavy atom. The average molecular weight is 400 g/mol. The number of benzene rings is 1. The minimum absolute atomic E-state index is 0.0153. The van der Waals surface area contributed by atoms with Crippen molar-refractivity contribution >= 4 is 43.5 Å². The number of hydrogen-bond acceptors (Lipinski definition) is 4. The van der Waals surface area contributed by atoms with Crippen LogP contribution in [0.25, 0.3) is 0 Å². The summed E-state index contributed by atoms with van der Waals surface area (Å²) in [4.78, 5) is 11.5. The Kier molecular flexibility index (Phi) is 7.61. The van der Waals surface area contributed by atoms with Gasteiger partial charge in [-0.15, -0.1) is 0 Å². The highest BCUT2D eigenvalue weighted by atomic mass is 79.9. The number of hydrogen-bond donors (Lipinski definition) is 2. The van der Waals surface area contributed by atoms with Gasteiger partial charge in [0.1, 0.15) is 0 Å². The summed E-state index contributed by atoms with van der Waals surface area (Å²) in [5, 5.41) is 3.03. The molecule has 0 unspecified atom stereocenters. The smallest absolute Gasteiger partial charge is 0.240 e.